The van der Waals surface area contributed by atoms with Crippen molar-refractivity contribution >= 4 is 11.9 Å². The molecule has 1 rings (SSSR count). The van der Waals surface area contributed by atoms with Crippen LogP contribution in [0.1, 0.15) is 90.9 Å². The fraction of sp³-hybridized carbons (Fsp3) is 0.818. The van der Waals surface area contributed by atoms with Gasteiger partial charge < -0.3 is 14.9 Å². The first kappa shape index (κ1) is 23.7. The fourth-order valence-electron chi connectivity index (χ4n) is 4.00. The Morgan fingerprint density at radius 3 is 2.41 bits per heavy atom. The zero-order valence-corrected chi connectivity index (χ0v) is 17.1. The molecule has 5 nitrogen and oxygen atoms in total. The van der Waals surface area contributed by atoms with Gasteiger partial charge in [-0.1, -0.05) is 51.2 Å². The molecule has 5 heteroatoms. The predicted octanol–water partition coefficient (Wildman–Crippen LogP) is 4.87. The number of unbranched alkanes of at least 4 members (excludes halogenated alkanes) is 5. The van der Waals surface area contributed by atoms with E-state index >= 15 is 0 Å². The van der Waals surface area contributed by atoms with Crippen LogP contribution >= 0.6 is 0 Å². The van der Waals surface area contributed by atoms with Crippen molar-refractivity contribution in [2.45, 2.75) is 103 Å². The highest BCUT2D eigenvalue weighted by Crippen LogP contribution is 2.34. The Kier molecular flexibility index (Phi) is 12.1. The van der Waals surface area contributed by atoms with Crippen molar-refractivity contribution in [2.75, 3.05) is 0 Å². The standard InChI is InChI=1S/C22H38O5/c1-3-4-7-10-19(27-17(2)23)15-13-18-14-16-21(24)20(18)11-8-5-6-9-12-22(25)26/h14,16,18-21,24H,3-13,15H2,1-2H3,(H,25,26)/t18-,19?,20+,21?/m0/s1. The second-order valence-electron chi connectivity index (χ2n) is 7.85. The van der Waals surface area contributed by atoms with Crippen molar-refractivity contribution in [3.8, 4) is 0 Å². The van der Waals surface area contributed by atoms with Gasteiger partial charge in [0.15, 0.2) is 0 Å². The van der Waals surface area contributed by atoms with Crippen molar-refractivity contribution in [1.29, 1.82) is 0 Å². The molecule has 0 fully saturated rings. The average molecular weight is 383 g/mol. The molecule has 2 N–H and O–H groups in total. The number of aliphatic carboxylic acids is 1. The topological polar surface area (TPSA) is 83.8 Å². The number of ether oxygens (including phenoxy) is 1. The molecule has 1 aliphatic carbocycles. The van der Waals surface area contributed by atoms with E-state index in [0.29, 0.717) is 5.92 Å². The van der Waals surface area contributed by atoms with E-state index < -0.39 is 5.97 Å². The van der Waals surface area contributed by atoms with Gasteiger partial charge in [-0.05, 0) is 50.4 Å². The molecule has 0 radical (unpaired) electrons. The molecular formula is C22H38O5. The Bertz CT molecular complexity index is 460. The SMILES string of the molecule is CCCCCC(CC[C@H]1C=CC(O)[C@@H]1CCCCCCC(=O)O)OC(C)=O. The fourth-order valence-corrected chi connectivity index (χ4v) is 4.00. The number of carbonyl (C=O) groups excluding carboxylic acids is 1. The minimum Gasteiger partial charge on any atom is -0.481 e. The van der Waals surface area contributed by atoms with E-state index in [1.807, 2.05) is 6.08 Å². The summed E-state index contributed by atoms with van der Waals surface area (Å²) in [7, 11) is 0. The number of hydrogen-bond donors (Lipinski definition) is 2. The van der Waals surface area contributed by atoms with Crippen molar-refractivity contribution in [3.05, 3.63) is 12.2 Å². The van der Waals surface area contributed by atoms with Crippen LogP contribution in [0.2, 0.25) is 0 Å². The minimum absolute atomic E-state index is 0.0168. The van der Waals surface area contributed by atoms with Gasteiger partial charge in [0.05, 0.1) is 6.10 Å². The number of rotatable bonds is 15. The summed E-state index contributed by atoms with van der Waals surface area (Å²) in [6.07, 6.45) is 14.6. The third-order valence-corrected chi connectivity index (χ3v) is 5.51. The molecule has 0 saturated heterocycles. The van der Waals surface area contributed by atoms with Crippen LogP contribution in [0.4, 0.5) is 0 Å². The molecule has 0 bridgehead atoms. The van der Waals surface area contributed by atoms with E-state index in [2.05, 4.69) is 13.0 Å². The van der Waals surface area contributed by atoms with E-state index in [9.17, 15) is 14.7 Å². The average Bonchev–Trinajstić information content (AvgIpc) is 2.95. The third kappa shape index (κ3) is 10.5. The summed E-state index contributed by atoms with van der Waals surface area (Å²) in [5.74, 6) is -0.371. The lowest BCUT2D eigenvalue weighted by molar-refractivity contribution is -0.147. The molecule has 0 amide bonds. The van der Waals surface area contributed by atoms with Gasteiger partial charge in [-0.25, -0.2) is 0 Å². The van der Waals surface area contributed by atoms with Gasteiger partial charge in [-0.15, -0.1) is 0 Å². The minimum atomic E-state index is -0.730. The van der Waals surface area contributed by atoms with Crippen molar-refractivity contribution in [3.63, 3.8) is 0 Å². The monoisotopic (exact) mass is 382 g/mol. The van der Waals surface area contributed by atoms with Crippen LogP contribution in [0.3, 0.4) is 0 Å². The third-order valence-electron chi connectivity index (χ3n) is 5.51. The molecule has 156 valence electrons. The Balaban J connectivity index is 2.35. The molecule has 0 aromatic heterocycles. The van der Waals surface area contributed by atoms with Crippen LogP contribution in [-0.4, -0.2) is 34.4 Å². The van der Waals surface area contributed by atoms with Crippen LogP contribution in [0, 0.1) is 11.8 Å². The zero-order chi connectivity index (χ0) is 20.1. The highest BCUT2D eigenvalue weighted by atomic mass is 16.5. The van der Waals surface area contributed by atoms with Gasteiger partial charge in [-0.2, -0.15) is 0 Å². The van der Waals surface area contributed by atoms with Gasteiger partial charge in [-0.3, -0.25) is 9.59 Å². The summed E-state index contributed by atoms with van der Waals surface area (Å²) >= 11 is 0. The van der Waals surface area contributed by atoms with Gasteiger partial charge in [0.1, 0.15) is 6.10 Å². The number of esters is 1. The summed E-state index contributed by atoms with van der Waals surface area (Å²) in [4.78, 5) is 21.9. The highest BCUT2D eigenvalue weighted by Gasteiger charge is 2.30. The maximum atomic E-state index is 11.4. The Labute approximate surface area is 164 Å². The Hall–Kier alpha value is -1.36. The maximum Gasteiger partial charge on any atom is 0.303 e. The smallest absolute Gasteiger partial charge is 0.303 e. The second-order valence-corrected chi connectivity index (χ2v) is 7.85. The van der Waals surface area contributed by atoms with Gasteiger partial charge in [0.25, 0.3) is 0 Å². The highest BCUT2D eigenvalue weighted by molar-refractivity contribution is 5.66. The lowest BCUT2D eigenvalue weighted by atomic mass is 9.84. The number of carboxylic acid groups (broad SMARTS) is 1. The Morgan fingerprint density at radius 2 is 1.74 bits per heavy atom. The number of carboxylic acids is 1. The van der Waals surface area contributed by atoms with Crippen molar-refractivity contribution in [2.24, 2.45) is 11.8 Å². The van der Waals surface area contributed by atoms with Crippen LogP contribution in [-0.2, 0) is 14.3 Å². The van der Waals surface area contributed by atoms with Crippen molar-refractivity contribution in [1.82, 2.24) is 0 Å². The lowest BCUT2D eigenvalue weighted by Crippen LogP contribution is -2.23. The molecule has 0 aromatic carbocycles. The first-order valence-corrected chi connectivity index (χ1v) is 10.7. The zero-order valence-electron chi connectivity index (χ0n) is 17.1. The normalized spacial score (nSPS) is 22.7. The molecule has 4 atom stereocenters. The summed E-state index contributed by atoms with van der Waals surface area (Å²) in [6, 6.07) is 0. The van der Waals surface area contributed by atoms with Gasteiger partial charge >= 0.3 is 11.9 Å². The maximum absolute atomic E-state index is 11.4. The van der Waals surface area contributed by atoms with Gasteiger partial charge in [0, 0.05) is 13.3 Å². The quantitative estimate of drug-likeness (QED) is 0.240. The molecule has 0 saturated carbocycles. The summed E-state index contributed by atoms with van der Waals surface area (Å²) in [6.45, 7) is 3.64. The number of hydrogen-bond acceptors (Lipinski definition) is 4. The van der Waals surface area contributed by atoms with Gasteiger partial charge in [0.2, 0.25) is 0 Å². The van der Waals surface area contributed by atoms with Crippen LogP contribution in [0.15, 0.2) is 12.2 Å². The molecule has 27 heavy (non-hydrogen) atoms. The summed E-state index contributed by atoms with van der Waals surface area (Å²) in [5.41, 5.74) is 0. The largest absolute Gasteiger partial charge is 0.481 e. The number of allylic oxidation sites excluding steroid dienone is 1. The van der Waals surface area contributed by atoms with E-state index in [1.165, 1.54) is 6.92 Å². The Morgan fingerprint density at radius 1 is 1.00 bits per heavy atom. The van der Waals surface area contributed by atoms with E-state index in [1.54, 1.807) is 0 Å². The summed E-state index contributed by atoms with van der Waals surface area (Å²) < 4.78 is 5.49. The molecule has 1 aliphatic rings. The lowest BCUT2D eigenvalue weighted by Gasteiger charge is -2.24. The first-order chi connectivity index (χ1) is 12.9. The molecule has 0 aliphatic heterocycles. The molecular weight excluding hydrogens is 344 g/mol. The number of aliphatic hydroxyl groups excluding tert-OH is 1. The van der Waals surface area contributed by atoms with Crippen LogP contribution in [0.25, 0.3) is 0 Å². The number of carbonyl (C=O) groups is 2. The van der Waals surface area contributed by atoms with E-state index in [4.69, 9.17) is 9.84 Å². The number of aliphatic hydroxyl groups is 1. The first-order valence-electron chi connectivity index (χ1n) is 10.7. The molecule has 0 aromatic rings. The summed E-state index contributed by atoms with van der Waals surface area (Å²) in [5, 5.41) is 18.9. The second kappa shape index (κ2) is 13.8. The van der Waals surface area contributed by atoms with E-state index in [0.717, 1.165) is 70.6 Å². The molecule has 0 spiro atoms. The predicted molar refractivity (Wildman–Crippen MR) is 106 cm³/mol. The van der Waals surface area contributed by atoms with Crippen LogP contribution < -0.4 is 0 Å². The van der Waals surface area contributed by atoms with E-state index in [-0.39, 0.29) is 30.5 Å². The van der Waals surface area contributed by atoms with Crippen LogP contribution in [0.5, 0.6) is 0 Å². The molecule has 0 heterocycles. The van der Waals surface area contributed by atoms with Crippen molar-refractivity contribution < 1.29 is 24.5 Å². The molecule has 2 unspecified atom stereocenters.